The van der Waals surface area contributed by atoms with Crippen LogP contribution >= 0.6 is 24.0 Å². The van der Waals surface area contributed by atoms with Crippen LogP contribution in [-0.2, 0) is 4.74 Å². The van der Waals surface area contributed by atoms with Crippen molar-refractivity contribution < 1.29 is 13.5 Å². The number of fused-ring (bicyclic) bond motifs is 5. The fourth-order valence-corrected chi connectivity index (χ4v) is 5.13. The second-order valence-electron chi connectivity index (χ2n) is 7.80. The van der Waals surface area contributed by atoms with Crippen molar-refractivity contribution in [2.24, 2.45) is 16.8 Å². The smallest absolute Gasteiger partial charge is 0.193 e. The first-order chi connectivity index (χ1) is 12.2. The number of likely N-dealkylation sites (tertiary alicyclic amines) is 1. The molecule has 0 spiro atoms. The van der Waals surface area contributed by atoms with Crippen LogP contribution in [0.2, 0.25) is 0 Å². The fraction of sp³-hybridized carbons (Fsp3) is 0.632. The van der Waals surface area contributed by atoms with Crippen LogP contribution in [0.15, 0.2) is 23.2 Å². The largest absolute Gasteiger partial charge is 0.374 e. The van der Waals surface area contributed by atoms with Gasteiger partial charge in [0.2, 0.25) is 0 Å². The van der Waals surface area contributed by atoms with Gasteiger partial charge in [-0.1, -0.05) is 6.07 Å². The van der Waals surface area contributed by atoms with E-state index in [1.165, 1.54) is 31.0 Å². The molecule has 4 nitrogen and oxygen atoms in total. The Morgan fingerprint density at radius 3 is 2.35 bits per heavy atom. The van der Waals surface area contributed by atoms with Crippen LogP contribution in [-0.4, -0.2) is 49.2 Å². The monoisotopic (exact) mass is 475 g/mol. The summed E-state index contributed by atoms with van der Waals surface area (Å²) in [6, 6.07) is 4.13. The zero-order valence-electron chi connectivity index (χ0n) is 14.7. The van der Waals surface area contributed by atoms with Gasteiger partial charge < -0.3 is 15.0 Å². The molecule has 26 heavy (non-hydrogen) atoms. The lowest BCUT2D eigenvalue weighted by Gasteiger charge is -2.23. The highest BCUT2D eigenvalue weighted by atomic mass is 127. The average Bonchev–Trinajstić information content (AvgIpc) is 2.97. The number of ether oxygens (including phenoxy) is 1. The summed E-state index contributed by atoms with van der Waals surface area (Å²) in [7, 11) is 1.78. The summed E-state index contributed by atoms with van der Waals surface area (Å²) in [6.07, 6.45) is 3.94. The molecule has 2 bridgehead atoms. The Balaban J connectivity index is 0.00000168. The van der Waals surface area contributed by atoms with E-state index in [1.54, 1.807) is 7.05 Å². The van der Waals surface area contributed by atoms with E-state index in [-0.39, 0.29) is 41.5 Å². The molecule has 7 heteroatoms. The molecule has 3 saturated heterocycles. The molecule has 0 radical (unpaired) electrons. The molecular weight excluding hydrogens is 451 g/mol. The number of rotatable bonds is 2. The van der Waals surface area contributed by atoms with Crippen molar-refractivity contribution in [3.05, 3.63) is 35.4 Å². The third-order valence-electron chi connectivity index (χ3n) is 6.44. The fourth-order valence-electron chi connectivity index (χ4n) is 5.13. The number of nitrogens with zero attached hydrogens (tertiary/aromatic N) is 2. The lowest BCUT2D eigenvalue weighted by molar-refractivity contribution is 0.0767. The Labute approximate surface area is 169 Å². The van der Waals surface area contributed by atoms with Gasteiger partial charge in [-0.05, 0) is 31.4 Å². The van der Waals surface area contributed by atoms with Crippen molar-refractivity contribution >= 4 is 29.9 Å². The molecule has 1 saturated carbocycles. The van der Waals surface area contributed by atoms with Crippen LogP contribution < -0.4 is 5.32 Å². The molecule has 4 fully saturated rings. The molecule has 1 aromatic rings. The van der Waals surface area contributed by atoms with Gasteiger partial charge in [-0.3, -0.25) is 4.99 Å². The molecule has 1 N–H and O–H groups in total. The Morgan fingerprint density at radius 1 is 1.15 bits per heavy atom. The number of aliphatic imine (C=N–C) groups is 1. The van der Waals surface area contributed by atoms with Gasteiger partial charge in [0.05, 0.1) is 12.2 Å². The first-order valence-electron chi connectivity index (χ1n) is 9.23. The quantitative estimate of drug-likeness (QED) is 0.406. The first kappa shape index (κ1) is 18.4. The van der Waals surface area contributed by atoms with Gasteiger partial charge in [0.15, 0.2) is 5.96 Å². The molecule has 6 unspecified atom stereocenters. The molecule has 4 aliphatic rings. The number of hydrogen-bond donors (Lipinski definition) is 1. The lowest BCUT2D eigenvalue weighted by atomic mass is 9.82. The number of hydrogen-bond acceptors (Lipinski definition) is 2. The highest BCUT2D eigenvalue weighted by Crippen LogP contribution is 2.47. The molecule has 142 valence electrons. The van der Waals surface area contributed by atoms with E-state index in [2.05, 4.69) is 15.2 Å². The van der Waals surface area contributed by atoms with E-state index >= 15 is 0 Å². The van der Waals surface area contributed by atoms with Crippen molar-refractivity contribution in [2.75, 3.05) is 20.1 Å². The van der Waals surface area contributed by atoms with E-state index in [0.717, 1.165) is 25.5 Å². The van der Waals surface area contributed by atoms with Crippen LogP contribution in [0.4, 0.5) is 8.78 Å². The minimum absolute atomic E-state index is 0. The van der Waals surface area contributed by atoms with Crippen molar-refractivity contribution in [1.82, 2.24) is 10.2 Å². The van der Waals surface area contributed by atoms with Crippen LogP contribution in [0.5, 0.6) is 0 Å². The maximum atomic E-state index is 14.0. The number of guanidine groups is 1. The van der Waals surface area contributed by atoms with Gasteiger partial charge in [0.25, 0.3) is 0 Å². The zero-order chi connectivity index (χ0) is 17.1. The number of nitrogens with one attached hydrogen (secondary N) is 1. The van der Waals surface area contributed by atoms with Crippen molar-refractivity contribution in [1.29, 1.82) is 0 Å². The number of benzene rings is 1. The van der Waals surface area contributed by atoms with Crippen LogP contribution in [0.1, 0.15) is 30.7 Å². The Kier molecular flexibility index (Phi) is 4.88. The zero-order valence-corrected chi connectivity index (χ0v) is 17.0. The molecule has 1 aliphatic carbocycles. The molecular formula is C19H24F2IN3O. The molecule has 0 amide bonds. The maximum Gasteiger partial charge on any atom is 0.193 e. The summed E-state index contributed by atoms with van der Waals surface area (Å²) >= 11 is 0. The highest BCUT2D eigenvalue weighted by Gasteiger charge is 2.54. The lowest BCUT2D eigenvalue weighted by Crippen LogP contribution is -2.42. The first-order valence-corrected chi connectivity index (χ1v) is 9.23. The summed E-state index contributed by atoms with van der Waals surface area (Å²) in [5.41, 5.74) is 0.209. The standard InChI is InChI=1S/C19H23F2N3O.HI/c1-22-19(24-8-11-12(9-24)17-6-5-16(11)25-17)23-15-7-10(15)18-13(20)3-2-4-14(18)21;/h2-4,10-12,15-17H,5-9H2,1H3,(H,22,23);1H. The third-order valence-corrected chi connectivity index (χ3v) is 6.44. The van der Waals surface area contributed by atoms with Crippen LogP contribution in [0.25, 0.3) is 0 Å². The second kappa shape index (κ2) is 6.89. The predicted octanol–water partition coefficient (Wildman–Crippen LogP) is 3.12. The Bertz CT molecular complexity index is 692. The van der Waals surface area contributed by atoms with E-state index in [1.807, 2.05) is 0 Å². The summed E-state index contributed by atoms with van der Waals surface area (Å²) < 4.78 is 33.9. The molecule has 3 aliphatic heterocycles. The molecule has 3 heterocycles. The number of halogens is 3. The summed E-state index contributed by atoms with van der Waals surface area (Å²) in [4.78, 5) is 6.73. The topological polar surface area (TPSA) is 36.9 Å². The second-order valence-corrected chi connectivity index (χ2v) is 7.80. The van der Waals surface area contributed by atoms with Crippen molar-refractivity contribution in [3.63, 3.8) is 0 Å². The van der Waals surface area contributed by atoms with Gasteiger partial charge in [0.1, 0.15) is 11.6 Å². The van der Waals surface area contributed by atoms with E-state index in [9.17, 15) is 8.78 Å². The summed E-state index contributed by atoms with van der Waals surface area (Å²) in [5, 5.41) is 3.43. The van der Waals surface area contributed by atoms with Crippen molar-refractivity contribution in [3.8, 4) is 0 Å². The molecule has 5 rings (SSSR count). The normalized spacial score (nSPS) is 37.5. The summed E-state index contributed by atoms with van der Waals surface area (Å²) in [6.45, 7) is 1.94. The predicted molar refractivity (Wildman–Crippen MR) is 106 cm³/mol. The van der Waals surface area contributed by atoms with Crippen LogP contribution in [0, 0.1) is 23.5 Å². The molecule has 1 aromatic carbocycles. The van der Waals surface area contributed by atoms with Gasteiger partial charge in [-0.15, -0.1) is 24.0 Å². The maximum absolute atomic E-state index is 14.0. The molecule has 6 atom stereocenters. The Morgan fingerprint density at radius 2 is 1.77 bits per heavy atom. The Hall–Kier alpha value is -0.960. The van der Waals surface area contributed by atoms with E-state index in [4.69, 9.17) is 4.74 Å². The SMILES string of the molecule is CN=C(NC1CC1c1c(F)cccc1F)N1CC2C3CCC(O3)C2C1.I. The van der Waals surface area contributed by atoms with E-state index < -0.39 is 11.6 Å². The van der Waals surface area contributed by atoms with Gasteiger partial charge in [-0.2, -0.15) is 0 Å². The van der Waals surface area contributed by atoms with Crippen molar-refractivity contribution in [2.45, 2.75) is 43.4 Å². The minimum atomic E-state index is -0.450. The molecule has 0 aromatic heterocycles. The van der Waals surface area contributed by atoms with E-state index in [0.29, 0.717) is 24.0 Å². The highest BCUT2D eigenvalue weighted by molar-refractivity contribution is 14.0. The summed E-state index contributed by atoms with van der Waals surface area (Å²) in [5.74, 6) is 1.06. The average molecular weight is 475 g/mol. The van der Waals surface area contributed by atoms with Crippen LogP contribution in [0.3, 0.4) is 0 Å². The minimum Gasteiger partial charge on any atom is -0.374 e. The third kappa shape index (κ3) is 2.91. The van der Waals surface area contributed by atoms with Gasteiger partial charge >= 0.3 is 0 Å². The van der Waals surface area contributed by atoms with Gasteiger partial charge in [0, 0.05) is 49.5 Å². The van der Waals surface area contributed by atoms with Gasteiger partial charge in [-0.25, -0.2) is 8.78 Å².